The van der Waals surface area contributed by atoms with E-state index in [1.165, 1.54) is 32.7 Å². The van der Waals surface area contributed by atoms with Crippen molar-refractivity contribution in [1.29, 1.82) is 0 Å². The van der Waals surface area contributed by atoms with Crippen molar-refractivity contribution in [2.75, 3.05) is 19.6 Å². The monoisotopic (exact) mass is 666 g/mol. The fourth-order valence-corrected chi connectivity index (χ4v) is 7.78. The van der Waals surface area contributed by atoms with Crippen molar-refractivity contribution < 1.29 is 0 Å². The molecule has 10 rings (SSSR count). The molecule has 2 aliphatic heterocycles. The summed E-state index contributed by atoms with van der Waals surface area (Å²) in [5.41, 5.74) is 11.4. The van der Waals surface area contributed by atoms with E-state index in [0.717, 1.165) is 58.3 Å². The van der Waals surface area contributed by atoms with Crippen LogP contribution in [0.2, 0.25) is 0 Å². The van der Waals surface area contributed by atoms with E-state index >= 15 is 0 Å². The Bertz CT molecular complexity index is 2380. The lowest BCUT2D eigenvalue weighted by atomic mass is 9.90. The molecule has 0 spiro atoms. The lowest BCUT2D eigenvalue weighted by molar-refractivity contribution is 0.916. The summed E-state index contributed by atoms with van der Waals surface area (Å²) < 4.78 is 0. The number of benzene rings is 8. The maximum absolute atomic E-state index is 3.81. The molecule has 246 valence electrons. The van der Waals surface area contributed by atoms with Crippen LogP contribution in [-0.2, 0) is 13.1 Å². The summed E-state index contributed by atoms with van der Waals surface area (Å²) in [4.78, 5) is 9.01. The van der Waals surface area contributed by atoms with Crippen molar-refractivity contribution in [2.45, 2.75) is 13.1 Å². The molecule has 8 aromatic carbocycles. The number of para-hydroxylation sites is 4. The predicted molar refractivity (Wildman–Crippen MR) is 216 cm³/mol. The molecule has 8 aromatic rings. The Morgan fingerprint density at radius 3 is 1.12 bits per heavy atom. The molecule has 4 heteroatoms. The van der Waals surface area contributed by atoms with Crippen LogP contribution in [0.1, 0.15) is 11.1 Å². The summed E-state index contributed by atoms with van der Waals surface area (Å²) >= 11 is 0. The van der Waals surface area contributed by atoms with Gasteiger partial charge in [0.15, 0.2) is 0 Å². The first-order chi connectivity index (χ1) is 25.8. The molecule has 0 atom stereocenters. The van der Waals surface area contributed by atoms with Gasteiger partial charge in [-0.3, -0.25) is 0 Å². The summed E-state index contributed by atoms with van der Waals surface area (Å²) in [5.74, 6) is 0. The smallest absolute Gasteiger partial charge is 0.214 e. The molecule has 0 saturated heterocycles. The van der Waals surface area contributed by atoms with E-state index in [0.29, 0.717) is 0 Å². The number of nitrogens with zero attached hydrogens (tertiary/aromatic N) is 4. The van der Waals surface area contributed by atoms with E-state index in [2.05, 4.69) is 215 Å². The van der Waals surface area contributed by atoms with Crippen LogP contribution in [0.5, 0.6) is 0 Å². The first kappa shape index (κ1) is 30.3. The number of fused-ring (bicyclic) bond motifs is 4. The van der Waals surface area contributed by atoms with Crippen LogP contribution >= 0.6 is 0 Å². The number of anilines is 6. The molecule has 0 fully saturated rings. The van der Waals surface area contributed by atoms with Gasteiger partial charge in [-0.2, -0.15) is 0 Å². The highest BCUT2D eigenvalue weighted by atomic mass is 15.4. The minimum atomic E-state index is 0.725. The Hall–Kier alpha value is -6.52. The summed E-state index contributed by atoms with van der Waals surface area (Å²) in [7, 11) is 0. The minimum Gasteiger partial charge on any atom is -0.335 e. The van der Waals surface area contributed by atoms with Crippen molar-refractivity contribution in [3.8, 4) is 11.1 Å². The van der Waals surface area contributed by atoms with Gasteiger partial charge in [-0.25, -0.2) is 0 Å². The van der Waals surface area contributed by atoms with Crippen molar-refractivity contribution in [3.05, 3.63) is 206 Å². The molecule has 0 aromatic heterocycles. The second kappa shape index (κ2) is 12.7. The highest BCUT2D eigenvalue weighted by molar-refractivity contribution is 6.16. The fraction of sp³-hybridized carbons (Fsp3) is 0.0417. The van der Waals surface area contributed by atoms with Gasteiger partial charge in [-0.15, -0.1) is 0 Å². The Labute approximate surface area is 305 Å². The Kier molecular flexibility index (Phi) is 7.38. The summed E-state index contributed by atoms with van der Waals surface area (Å²) in [6, 6.07) is 65.1. The third-order valence-corrected chi connectivity index (χ3v) is 10.2. The molecule has 0 bridgehead atoms. The van der Waals surface area contributed by atoms with E-state index in [9.17, 15) is 0 Å². The van der Waals surface area contributed by atoms with Crippen molar-refractivity contribution in [2.24, 2.45) is 0 Å². The molecule has 0 unspecified atom stereocenters. The molecular formula is C48H34N4. The highest BCUT2D eigenvalue weighted by Crippen LogP contribution is 2.54. The Morgan fingerprint density at radius 1 is 0.308 bits per heavy atom. The van der Waals surface area contributed by atoms with Gasteiger partial charge in [0.05, 0.1) is 34.1 Å². The van der Waals surface area contributed by atoms with Gasteiger partial charge in [-0.05, 0) is 69.1 Å². The van der Waals surface area contributed by atoms with Gasteiger partial charge < -0.3 is 19.6 Å². The van der Waals surface area contributed by atoms with E-state index in [1.807, 2.05) is 0 Å². The Morgan fingerprint density at radius 2 is 0.673 bits per heavy atom. The van der Waals surface area contributed by atoms with Gasteiger partial charge in [-0.1, -0.05) is 146 Å². The maximum Gasteiger partial charge on any atom is 0.214 e. The van der Waals surface area contributed by atoms with Crippen LogP contribution in [-0.4, -0.2) is 0 Å². The molecular weight excluding hydrogens is 633 g/mol. The number of hydrogen-bond donors (Lipinski definition) is 0. The average molecular weight is 667 g/mol. The zero-order chi connectivity index (χ0) is 34.4. The summed E-state index contributed by atoms with van der Waals surface area (Å²) in [6.45, 7) is 9.07. The second-order valence-corrected chi connectivity index (χ2v) is 13.4. The third-order valence-electron chi connectivity index (χ3n) is 10.2. The molecule has 4 nitrogen and oxygen atoms in total. The van der Waals surface area contributed by atoms with E-state index in [1.54, 1.807) is 0 Å². The molecule has 2 heterocycles. The van der Waals surface area contributed by atoms with Crippen LogP contribution in [0, 0.1) is 13.3 Å². The van der Waals surface area contributed by atoms with Crippen LogP contribution in [0.3, 0.4) is 0 Å². The van der Waals surface area contributed by atoms with Gasteiger partial charge in [0.2, 0.25) is 13.3 Å². The van der Waals surface area contributed by atoms with Crippen molar-refractivity contribution >= 4 is 55.7 Å². The summed E-state index contributed by atoms with van der Waals surface area (Å²) in [6.07, 6.45) is 0. The molecule has 0 N–H and O–H groups in total. The van der Waals surface area contributed by atoms with E-state index in [-0.39, 0.29) is 0 Å². The molecule has 0 aliphatic carbocycles. The van der Waals surface area contributed by atoms with Crippen LogP contribution < -0.4 is 19.6 Å². The first-order valence-electron chi connectivity index (χ1n) is 17.8. The molecule has 2 aliphatic rings. The lowest BCUT2D eigenvalue weighted by Crippen LogP contribution is -2.23. The van der Waals surface area contributed by atoms with Gasteiger partial charge in [0.25, 0.3) is 0 Å². The first-order valence-corrected chi connectivity index (χ1v) is 17.8. The standard InChI is InChI=1S/C48H34N4/c1-3-15-35(16-4-1)31-49-33-51(43-25-13-11-23-41(43)49)45-29-27-37-19-7-9-21-39(37)47(45)48-40-22-10-8-20-38(40)28-30-46(48)52-34-50(32-36-17-5-2-6-18-36)42-24-12-14-26-44(42)52/h1-30H,31-32H2. The van der Waals surface area contributed by atoms with Crippen LogP contribution in [0.15, 0.2) is 182 Å². The third kappa shape index (κ3) is 5.15. The predicted octanol–water partition coefficient (Wildman–Crippen LogP) is 12.0. The van der Waals surface area contributed by atoms with Crippen LogP contribution in [0.4, 0.5) is 34.1 Å². The number of rotatable bonds is 7. The highest BCUT2D eigenvalue weighted by Gasteiger charge is 2.34. The van der Waals surface area contributed by atoms with Gasteiger partial charge in [0, 0.05) is 24.2 Å². The zero-order valence-corrected chi connectivity index (χ0v) is 28.5. The van der Waals surface area contributed by atoms with Gasteiger partial charge in [0.1, 0.15) is 0 Å². The quantitative estimate of drug-likeness (QED) is 0.168. The average Bonchev–Trinajstić information content (AvgIpc) is 3.76. The van der Waals surface area contributed by atoms with Crippen molar-refractivity contribution in [1.82, 2.24) is 0 Å². The lowest BCUT2D eigenvalue weighted by Gasteiger charge is -2.28. The molecule has 52 heavy (non-hydrogen) atoms. The fourth-order valence-electron chi connectivity index (χ4n) is 7.78. The van der Waals surface area contributed by atoms with Crippen LogP contribution in [0.25, 0.3) is 32.7 Å². The SMILES string of the molecule is [C]1N(Cc2ccccc2)c2ccccc2N1c1ccc2ccccc2c1-c1c(N2[C]N(Cc3ccccc3)c3ccccc32)ccc2ccccc12. The minimum absolute atomic E-state index is 0.725. The van der Waals surface area contributed by atoms with Crippen molar-refractivity contribution in [3.63, 3.8) is 0 Å². The zero-order valence-electron chi connectivity index (χ0n) is 28.5. The normalized spacial score (nSPS) is 13.6. The largest absolute Gasteiger partial charge is 0.335 e. The molecule has 0 saturated carbocycles. The molecule has 0 amide bonds. The maximum atomic E-state index is 3.81. The summed E-state index contributed by atoms with van der Waals surface area (Å²) in [5, 5.41) is 4.75. The van der Waals surface area contributed by atoms with E-state index < -0.39 is 0 Å². The second-order valence-electron chi connectivity index (χ2n) is 13.4. The van der Waals surface area contributed by atoms with Gasteiger partial charge >= 0.3 is 0 Å². The molecule has 4 radical (unpaired) electrons. The topological polar surface area (TPSA) is 13.0 Å². The number of hydrogen-bond acceptors (Lipinski definition) is 4. The Balaban J connectivity index is 1.18. The van der Waals surface area contributed by atoms with E-state index in [4.69, 9.17) is 0 Å².